The van der Waals surface area contributed by atoms with E-state index in [1.54, 1.807) is 13.4 Å². The van der Waals surface area contributed by atoms with Crippen molar-refractivity contribution in [1.29, 1.82) is 0 Å². The number of ether oxygens (including phenoxy) is 1. The van der Waals surface area contributed by atoms with Gasteiger partial charge in [0, 0.05) is 36.1 Å². The largest absolute Gasteiger partial charge is 0.496 e. The summed E-state index contributed by atoms with van der Waals surface area (Å²) >= 11 is 0. The van der Waals surface area contributed by atoms with E-state index in [0.29, 0.717) is 6.04 Å². The Kier molecular flexibility index (Phi) is 5.01. The van der Waals surface area contributed by atoms with E-state index < -0.39 is 0 Å². The Morgan fingerprint density at radius 3 is 2.59 bits per heavy atom. The first-order valence-corrected chi connectivity index (χ1v) is 8.02. The molecule has 0 amide bonds. The summed E-state index contributed by atoms with van der Waals surface area (Å²) < 4.78 is 5.50. The van der Waals surface area contributed by atoms with Crippen LogP contribution in [-0.4, -0.2) is 23.1 Å². The van der Waals surface area contributed by atoms with Crippen LogP contribution in [0, 0.1) is 0 Å². The molecule has 1 saturated carbocycles. The zero-order chi connectivity index (χ0) is 15.2. The number of rotatable bonds is 5. The van der Waals surface area contributed by atoms with Gasteiger partial charge >= 0.3 is 0 Å². The highest BCUT2D eigenvalue weighted by Gasteiger charge is 2.14. The van der Waals surface area contributed by atoms with Crippen molar-refractivity contribution in [2.45, 2.75) is 44.7 Å². The van der Waals surface area contributed by atoms with Gasteiger partial charge in [-0.15, -0.1) is 0 Å². The third-order valence-corrected chi connectivity index (χ3v) is 4.36. The lowest BCUT2D eigenvalue weighted by Gasteiger charge is -2.23. The number of hydrogen-bond acceptors (Lipinski definition) is 4. The smallest absolute Gasteiger partial charge is 0.123 e. The zero-order valence-corrected chi connectivity index (χ0v) is 13.1. The van der Waals surface area contributed by atoms with Crippen LogP contribution >= 0.6 is 0 Å². The first-order valence-electron chi connectivity index (χ1n) is 8.02. The van der Waals surface area contributed by atoms with Crippen molar-refractivity contribution in [3.8, 4) is 16.9 Å². The zero-order valence-electron chi connectivity index (χ0n) is 13.1. The summed E-state index contributed by atoms with van der Waals surface area (Å²) in [6.07, 6.45) is 11.9. The Hall–Kier alpha value is -1.94. The van der Waals surface area contributed by atoms with Crippen LogP contribution in [0.4, 0.5) is 0 Å². The predicted molar refractivity (Wildman–Crippen MR) is 87.7 cm³/mol. The molecular formula is C18H23N3O. The van der Waals surface area contributed by atoms with Crippen LogP contribution in [0.1, 0.15) is 37.7 Å². The van der Waals surface area contributed by atoms with E-state index in [0.717, 1.165) is 23.4 Å². The lowest BCUT2D eigenvalue weighted by Crippen LogP contribution is -2.30. The van der Waals surface area contributed by atoms with Crippen LogP contribution in [0.2, 0.25) is 0 Å². The second-order valence-electron chi connectivity index (χ2n) is 5.87. The van der Waals surface area contributed by atoms with Crippen LogP contribution in [0.3, 0.4) is 0 Å². The van der Waals surface area contributed by atoms with Crippen molar-refractivity contribution in [2.75, 3.05) is 7.11 Å². The molecule has 1 aromatic carbocycles. The monoisotopic (exact) mass is 297 g/mol. The molecule has 1 aromatic heterocycles. The third kappa shape index (κ3) is 3.63. The number of nitrogens with one attached hydrogen (secondary N) is 1. The van der Waals surface area contributed by atoms with Gasteiger partial charge in [-0.3, -0.25) is 0 Å². The number of hydrogen-bond donors (Lipinski definition) is 1. The molecule has 1 heterocycles. The molecule has 22 heavy (non-hydrogen) atoms. The Morgan fingerprint density at radius 1 is 1.09 bits per heavy atom. The van der Waals surface area contributed by atoms with Gasteiger partial charge in [-0.2, -0.15) is 0 Å². The van der Waals surface area contributed by atoms with Crippen molar-refractivity contribution in [1.82, 2.24) is 15.3 Å². The Morgan fingerprint density at radius 2 is 1.86 bits per heavy atom. The summed E-state index contributed by atoms with van der Waals surface area (Å²) in [5, 5.41) is 3.68. The first kappa shape index (κ1) is 15.0. The van der Waals surface area contributed by atoms with E-state index in [-0.39, 0.29) is 0 Å². The van der Waals surface area contributed by atoms with Gasteiger partial charge in [0.1, 0.15) is 12.1 Å². The molecule has 116 valence electrons. The molecule has 1 aliphatic carbocycles. The van der Waals surface area contributed by atoms with Gasteiger partial charge < -0.3 is 10.1 Å². The number of aromatic nitrogens is 2. The van der Waals surface area contributed by atoms with E-state index in [1.807, 2.05) is 18.5 Å². The second kappa shape index (κ2) is 7.36. The molecule has 0 aliphatic heterocycles. The van der Waals surface area contributed by atoms with Crippen LogP contribution in [0.25, 0.3) is 11.1 Å². The van der Waals surface area contributed by atoms with Gasteiger partial charge in [0.2, 0.25) is 0 Å². The van der Waals surface area contributed by atoms with Crippen molar-refractivity contribution >= 4 is 0 Å². The topological polar surface area (TPSA) is 47.0 Å². The molecule has 0 spiro atoms. The van der Waals surface area contributed by atoms with E-state index in [9.17, 15) is 0 Å². The molecule has 3 rings (SSSR count). The molecule has 2 aromatic rings. The molecular weight excluding hydrogens is 274 g/mol. The maximum atomic E-state index is 5.50. The van der Waals surface area contributed by atoms with Gasteiger partial charge in [0.25, 0.3) is 0 Å². The SMILES string of the molecule is COc1ccc(-c2cncnc2)cc1CNC1CCCCC1. The highest BCUT2D eigenvalue weighted by molar-refractivity contribution is 5.64. The normalized spacial score (nSPS) is 15.7. The molecule has 0 bridgehead atoms. The lowest BCUT2D eigenvalue weighted by molar-refractivity contribution is 0.365. The quantitative estimate of drug-likeness (QED) is 0.916. The standard InChI is InChI=1S/C18H23N3O/c1-22-18-8-7-14(16-10-19-13-20-11-16)9-15(18)12-21-17-5-3-2-4-6-17/h7-11,13,17,21H,2-6,12H2,1H3. The van der Waals surface area contributed by atoms with Crippen molar-refractivity contribution in [2.24, 2.45) is 0 Å². The van der Waals surface area contributed by atoms with Crippen molar-refractivity contribution in [3.63, 3.8) is 0 Å². The average molecular weight is 297 g/mol. The van der Waals surface area contributed by atoms with Gasteiger partial charge in [0.05, 0.1) is 7.11 Å². The van der Waals surface area contributed by atoms with Crippen molar-refractivity contribution in [3.05, 3.63) is 42.5 Å². The van der Waals surface area contributed by atoms with Gasteiger partial charge in [-0.05, 0) is 30.5 Å². The molecule has 1 fully saturated rings. The third-order valence-electron chi connectivity index (χ3n) is 4.36. The van der Waals surface area contributed by atoms with Crippen LogP contribution in [0.15, 0.2) is 36.9 Å². The van der Waals surface area contributed by atoms with E-state index in [4.69, 9.17) is 4.74 Å². The summed E-state index contributed by atoms with van der Waals surface area (Å²) in [5.41, 5.74) is 3.35. The number of nitrogens with zero attached hydrogens (tertiary/aromatic N) is 2. The Labute approximate surface area is 132 Å². The van der Waals surface area contributed by atoms with Crippen LogP contribution in [-0.2, 0) is 6.54 Å². The summed E-state index contributed by atoms with van der Waals surface area (Å²) in [4.78, 5) is 8.19. The molecule has 0 unspecified atom stereocenters. The number of methoxy groups -OCH3 is 1. The number of benzene rings is 1. The van der Waals surface area contributed by atoms with E-state index in [1.165, 1.54) is 37.7 Å². The molecule has 0 atom stereocenters. The summed E-state index contributed by atoms with van der Waals surface area (Å²) in [5.74, 6) is 0.934. The predicted octanol–water partition coefficient (Wildman–Crippen LogP) is 3.57. The highest BCUT2D eigenvalue weighted by Crippen LogP contribution is 2.26. The average Bonchev–Trinajstić information content (AvgIpc) is 2.61. The fourth-order valence-corrected chi connectivity index (χ4v) is 3.11. The molecule has 0 radical (unpaired) electrons. The summed E-state index contributed by atoms with van der Waals surface area (Å²) in [7, 11) is 1.73. The summed E-state index contributed by atoms with van der Waals surface area (Å²) in [6, 6.07) is 6.90. The van der Waals surface area contributed by atoms with E-state index in [2.05, 4.69) is 27.4 Å². The highest BCUT2D eigenvalue weighted by atomic mass is 16.5. The van der Waals surface area contributed by atoms with Crippen LogP contribution in [0.5, 0.6) is 5.75 Å². The fraction of sp³-hybridized carbons (Fsp3) is 0.444. The van der Waals surface area contributed by atoms with Gasteiger partial charge in [-0.1, -0.05) is 25.3 Å². The first-order chi connectivity index (χ1) is 10.9. The van der Waals surface area contributed by atoms with E-state index >= 15 is 0 Å². The Bertz CT molecular complexity index is 595. The summed E-state index contributed by atoms with van der Waals surface area (Å²) in [6.45, 7) is 0.843. The maximum absolute atomic E-state index is 5.50. The second-order valence-corrected chi connectivity index (χ2v) is 5.87. The minimum absolute atomic E-state index is 0.641. The maximum Gasteiger partial charge on any atom is 0.123 e. The van der Waals surface area contributed by atoms with Crippen LogP contribution < -0.4 is 10.1 Å². The van der Waals surface area contributed by atoms with Gasteiger partial charge in [0.15, 0.2) is 0 Å². The molecule has 1 aliphatic rings. The molecule has 4 heteroatoms. The Balaban J connectivity index is 1.76. The minimum Gasteiger partial charge on any atom is -0.496 e. The lowest BCUT2D eigenvalue weighted by atomic mass is 9.95. The molecule has 0 saturated heterocycles. The molecule has 4 nitrogen and oxygen atoms in total. The molecule has 1 N–H and O–H groups in total. The van der Waals surface area contributed by atoms with Crippen molar-refractivity contribution < 1.29 is 4.74 Å². The minimum atomic E-state index is 0.641. The van der Waals surface area contributed by atoms with Gasteiger partial charge in [-0.25, -0.2) is 9.97 Å². The fourth-order valence-electron chi connectivity index (χ4n) is 3.11.